The molecule has 1 N–H and O–H groups in total. The number of aromatic nitrogens is 1. The number of aryl methyl sites for hydroxylation is 1. The summed E-state index contributed by atoms with van der Waals surface area (Å²) in [6.07, 6.45) is 8.36. The van der Waals surface area contributed by atoms with Crippen molar-refractivity contribution in [2.24, 2.45) is 0 Å². The van der Waals surface area contributed by atoms with Crippen LogP contribution in [-0.2, 0) is 22.4 Å². The first-order valence-corrected chi connectivity index (χ1v) is 11.1. The zero-order chi connectivity index (χ0) is 22.7. The lowest BCUT2D eigenvalue weighted by Crippen LogP contribution is -2.40. The van der Waals surface area contributed by atoms with Crippen molar-refractivity contribution >= 4 is 29.4 Å². The number of rotatable bonds is 6. The fourth-order valence-electron chi connectivity index (χ4n) is 4.47. The Labute approximate surface area is 189 Å². The number of aldehydes is 1. The molecule has 166 valence electrons. The SMILES string of the molecule is CC(C)(C)OC(=O)N(CCc1c[nH]c2ccccc12)C1CCc2cc(/C=C/C=O)ccc21. The van der Waals surface area contributed by atoms with Crippen LogP contribution in [0.3, 0.4) is 0 Å². The number of ether oxygens (including phenoxy) is 1. The van der Waals surface area contributed by atoms with E-state index < -0.39 is 5.60 Å². The average molecular weight is 431 g/mol. The van der Waals surface area contributed by atoms with Crippen LogP contribution in [0.4, 0.5) is 4.79 Å². The lowest BCUT2D eigenvalue weighted by atomic mass is 10.0. The Balaban J connectivity index is 1.60. The maximum Gasteiger partial charge on any atom is 0.410 e. The molecule has 0 spiro atoms. The Bertz CT molecular complexity index is 1150. The molecule has 5 nitrogen and oxygen atoms in total. The summed E-state index contributed by atoms with van der Waals surface area (Å²) in [6, 6.07) is 14.4. The summed E-state index contributed by atoms with van der Waals surface area (Å²) in [5.74, 6) is 0. The predicted molar refractivity (Wildman–Crippen MR) is 128 cm³/mol. The van der Waals surface area contributed by atoms with Crippen molar-refractivity contribution in [1.29, 1.82) is 0 Å². The Morgan fingerprint density at radius 3 is 2.81 bits per heavy atom. The van der Waals surface area contributed by atoms with Crippen LogP contribution in [0.15, 0.2) is 54.7 Å². The number of allylic oxidation sites excluding steroid dienone is 1. The maximum absolute atomic E-state index is 13.2. The molecule has 0 saturated heterocycles. The van der Waals surface area contributed by atoms with Crippen molar-refractivity contribution in [2.75, 3.05) is 6.54 Å². The van der Waals surface area contributed by atoms with Crippen molar-refractivity contribution in [3.8, 4) is 0 Å². The molecule has 1 unspecified atom stereocenters. The number of benzene rings is 2. The normalized spacial score (nSPS) is 15.8. The van der Waals surface area contributed by atoms with Gasteiger partial charge in [0.2, 0.25) is 0 Å². The van der Waals surface area contributed by atoms with E-state index in [9.17, 15) is 9.59 Å². The van der Waals surface area contributed by atoms with Crippen LogP contribution < -0.4 is 0 Å². The minimum absolute atomic E-state index is 0.0193. The fourth-order valence-corrected chi connectivity index (χ4v) is 4.47. The van der Waals surface area contributed by atoms with Gasteiger partial charge in [0.1, 0.15) is 11.9 Å². The molecule has 1 atom stereocenters. The van der Waals surface area contributed by atoms with E-state index in [4.69, 9.17) is 4.74 Å². The summed E-state index contributed by atoms with van der Waals surface area (Å²) in [6.45, 7) is 6.28. The Kier molecular flexibility index (Phi) is 6.17. The van der Waals surface area contributed by atoms with E-state index in [2.05, 4.69) is 29.2 Å². The van der Waals surface area contributed by atoms with Crippen molar-refractivity contribution in [2.45, 2.75) is 51.7 Å². The van der Waals surface area contributed by atoms with Crippen LogP contribution >= 0.6 is 0 Å². The van der Waals surface area contributed by atoms with Gasteiger partial charge in [-0.1, -0.05) is 42.5 Å². The van der Waals surface area contributed by atoms with Gasteiger partial charge in [0.15, 0.2) is 0 Å². The molecular formula is C27H30N2O3. The van der Waals surface area contributed by atoms with Crippen molar-refractivity contribution < 1.29 is 14.3 Å². The second-order valence-electron chi connectivity index (χ2n) is 9.29. The summed E-state index contributed by atoms with van der Waals surface area (Å²) in [4.78, 5) is 29.1. The van der Waals surface area contributed by atoms with Gasteiger partial charge in [-0.05, 0) is 74.4 Å². The van der Waals surface area contributed by atoms with E-state index >= 15 is 0 Å². The highest BCUT2D eigenvalue weighted by molar-refractivity contribution is 5.83. The van der Waals surface area contributed by atoms with Gasteiger partial charge in [-0.3, -0.25) is 4.79 Å². The van der Waals surface area contributed by atoms with Gasteiger partial charge in [-0.2, -0.15) is 0 Å². The van der Waals surface area contributed by atoms with Gasteiger partial charge in [0.25, 0.3) is 0 Å². The second-order valence-corrected chi connectivity index (χ2v) is 9.29. The molecule has 0 aliphatic heterocycles. The first-order valence-electron chi connectivity index (χ1n) is 11.1. The molecule has 1 aliphatic rings. The van der Waals surface area contributed by atoms with Crippen LogP contribution in [-0.4, -0.2) is 34.4 Å². The molecule has 1 heterocycles. The molecule has 5 heteroatoms. The molecule has 32 heavy (non-hydrogen) atoms. The van der Waals surface area contributed by atoms with E-state index in [1.54, 1.807) is 0 Å². The summed E-state index contributed by atoms with van der Waals surface area (Å²) in [5, 5.41) is 1.19. The fraction of sp³-hybridized carbons (Fsp3) is 0.333. The summed E-state index contributed by atoms with van der Waals surface area (Å²) >= 11 is 0. The quantitative estimate of drug-likeness (QED) is 0.394. The van der Waals surface area contributed by atoms with Crippen molar-refractivity contribution in [1.82, 2.24) is 9.88 Å². The third-order valence-electron chi connectivity index (χ3n) is 5.88. The largest absolute Gasteiger partial charge is 0.444 e. The highest BCUT2D eigenvalue weighted by atomic mass is 16.6. The molecule has 4 rings (SSSR count). The van der Waals surface area contributed by atoms with Crippen molar-refractivity contribution in [3.05, 3.63) is 77.0 Å². The zero-order valence-electron chi connectivity index (χ0n) is 18.9. The molecule has 0 bridgehead atoms. The van der Waals surface area contributed by atoms with E-state index in [1.807, 2.05) is 56.1 Å². The second kappa shape index (κ2) is 9.03. The average Bonchev–Trinajstić information content (AvgIpc) is 3.35. The lowest BCUT2D eigenvalue weighted by Gasteiger charge is -2.32. The van der Waals surface area contributed by atoms with E-state index in [0.29, 0.717) is 6.54 Å². The topological polar surface area (TPSA) is 62.4 Å². The number of carbonyl (C=O) groups is 2. The standard InChI is InChI=1S/C27H30N2O3/c1-27(2,3)32-26(31)29(15-14-21-18-28-24-9-5-4-8-22(21)24)25-13-11-20-17-19(7-6-16-30)10-12-23(20)25/h4-10,12,16-18,25,28H,11,13-15H2,1-3H3/b7-6+. The number of amides is 1. The highest BCUT2D eigenvalue weighted by Gasteiger charge is 2.33. The summed E-state index contributed by atoms with van der Waals surface area (Å²) in [7, 11) is 0. The van der Waals surface area contributed by atoms with Gasteiger partial charge < -0.3 is 14.6 Å². The van der Waals surface area contributed by atoms with E-state index in [1.165, 1.54) is 22.6 Å². The number of H-pyrrole nitrogens is 1. The molecule has 0 fully saturated rings. The zero-order valence-corrected chi connectivity index (χ0v) is 18.9. The number of fused-ring (bicyclic) bond motifs is 2. The number of hydrogen-bond donors (Lipinski definition) is 1. The van der Waals surface area contributed by atoms with E-state index in [0.717, 1.165) is 42.2 Å². The molecule has 1 aliphatic carbocycles. The van der Waals surface area contributed by atoms with Gasteiger partial charge >= 0.3 is 6.09 Å². The maximum atomic E-state index is 13.2. The first kappa shape index (κ1) is 21.9. The van der Waals surface area contributed by atoms with Crippen LogP contribution in [0.5, 0.6) is 0 Å². The molecule has 0 saturated carbocycles. The van der Waals surface area contributed by atoms with Crippen LogP contribution in [0.2, 0.25) is 0 Å². The van der Waals surface area contributed by atoms with Crippen LogP contribution in [0.25, 0.3) is 17.0 Å². The number of carbonyl (C=O) groups excluding carboxylic acids is 2. The molecule has 0 radical (unpaired) electrons. The number of nitrogens with one attached hydrogen (secondary N) is 1. The molecule has 1 aromatic heterocycles. The molecule has 2 aromatic carbocycles. The molecule has 1 amide bonds. The Morgan fingerprint density at radius 1 is 1.22 bits per heavy atom. The Hall–Kier alpha value is -3.34. The van der Waals surface area contributed by atoms with Gasteiger partial charge in [0, 0.05) is 23.6 Å². The van der Waals surface area contributed by atoms with Crippen LogP contribution in [0, 0.1) is 0 Å². The molecule has 3 aromatic rings. The van der Waals surface area contributed by atoms with Gasteiger partial charge in [0.05, 0.1) is 6.04 Å². The third-order valence-corrected chi connectivity index (χ3v) is 5.88. The highest BCUT2D eigenvalue weighted by Crippen LogP contribution is 2.37. The smallest absolute Gasteiger partial charge is 0.410 e. The number of aromatic amines is 1. The van der Waals surface area contributed by atoms with E-state index in [-0.39, 0.29) is 12.1 Å². The molecular weight excluding hydrogens is 400 g/mol. The summed E-state index contributed by atoms with van der Waals surface area (Å²) in [5.41, 5.74) is 5.14. The van der Waals surface area contributed by atoms with Crippen LogP contribution in [0.1, 0.15) is 55.5 Å². The lowest BCUT2D eigenvalue weighted by molar-refractivity contribution is -0.104. The monoisotopic (exact) mass is 430 g/mol. The number of para-hydroxylation sites is 1. The van der Waals surface area contributed by atoms with Crippen molar-refractivity contribution in [3.63, 3.8) is 0 Å². The third kappa shape index (κ3) is 4.77. The number of hydrogen-bond acceptors (Lipinski definition) is 3. The Morgan fingerprint density at radius 2 is 2.03 bits per heavy atom. The summed E-state index contributed by atoms with van der Waals surface area (Å²) < 4.78 is 5.79. The number of nitrogens with zero attached hydrogens (tertiary/aromatic N) is 1. The first-order chi connectivity index (χ1) is 15.4. The minimum Gasteiger partial charge on any atom is -0.444 e. The minimum atomic E-state index is -0.555. The van der Waals surface area contributed by atoms with Gasteiger partial charge in [-0.15, -0.1) is 0 Å². The predicted octanol–water partition coefficient (Wildman–Crippen LogP) is 5.85. The van der Waals surface area contributed by atoms with Gasteiger partial charge in [-0.25, -0.2) is 4.79 Å².